The van der Waals surface area contributed by atoms with E-state index in [-0.39, 0.29) is 5.91 Å². The largest absolute Gasteiger partial charge is 0.388 e. The first kappa shape index (κ1) is 15.1. The van der Waals surface area contributed by atoms with E-state index in [1.807, 2.05) is 43.0 Å². The number of amides is 1. The molecule has 2 N–H and O–H groups in total. The molecular formula is C16H21NO2S. The lowest BCUT2D eigenvalue weighted by Crippen LogP contribution is -2.44. The van der Waals surface area contributed by atoms with E-state index in [1.54, 1.807) is 6.08 Å². The second-order valence-corrected chi connectivity index (χ2v) is 6.53. The SMILES string of the molecule is Cc1cccc(C=CC(=O)NCC2(O)CCSCC2)c1. The molecule has 20 heavy (non-hydrogen) atoms. The van der Waals surface area contributed by atoms with Crippen LogP contribution in [0.3, 0.4) is 0 Å². The molecule has 4 heteroatoms. The molecule has 0 atom stereocenters. The molecular weight excluding hydrogens is 270 g/mol. The number of hydrogen-bond acceptors (Lipinski definition) is 3. The van der Waals surface area contributed by atoms with E-state index >= 15 is 0 Å². The van der Waals surface area contributed by atoms with Crippen molar-refractivity contribution in [3.63, 3.8) is 0 Å². The van der Waals surface area contributed by atoms with E-state index in [9.17, 15) is 9.90 Å². The van der Waals surface area contributed by atoms with Crippen molar-refractivity contribution in [3.8, 4) is 0 Å². The van der Waals surface area contributed by atoms with Crippen molar-refractivity contribution >= 4 is 23.7 Å². The molecule has 1 aromatic carbocycles. The molecule has 0 aromatic heterocycles. The Kier molecular flexibility index (Phi) is 5.26. The van der Waals surface area contributed by atoms with E-state index in [2.05, 4.69) is 5.32 Å². The molecule has 0 bridgehead atoms. The van der Waals surface area contributed by atoms with Gasteiger partial charge in [-0.2, -0.15) is 11.8 Å². The van der Waals surface area contributed by atoms with Crippen LogP contribution in [-0.2, 0) is 4.79 Å². The highest BCUT2D eigenvalue weighted by Crippen LogP contribution is 2.26. The Hall–Kier alpha value is -1.26. The lowest BCUT2D eigenvalue weighted by Gasteiger charge is -2.31. The van der Waals surface area contributed by atoms with Crippen LogP contribution < -0.4 is 5.32 Å². The van der Waals surface area contributed by atoms with Crippen LogP contribution in [0.4, 0.5) is 0 Å². The van der Waals surface area contributed by atoms with Crippen LogP contribution in [0, 0.1) is 6.92 Å². The average Bonchev–Trinajstić information content (AvgIpc) is 2.44. The van der Waals surface area contributed by atoms with Crippen molar-refractivity contribution in [2.45, 2.75) is 25.4 Å². The molecule has 108 valence electrons. The van der Waals surface area contributed by atoms with Gasteiger partial charge in [0.25, 0.3) is 0 Å². The number of benzene rings is 1. The van der Waals surface area contributed by atoms with Gasteiger partial charge in [0.2, 0.25) is 5.91 Å². The number of nitrogens with one attached hydrogen (secondary N) is 1. The summed E-state index contributed by atoms with van der Waals surface area (Å²) >= 11 is 1.85. The predicted molar refractivity (Wildman–Crippen MR) is 84.7 cm³/mol. The number of rotatable bonds is 4. The second-order valence-electron chi connectivity index (χ2n) is 5.30. The van der Waals surface area contributed by atoms with Crippen LogP contribution in [0.25, 0.3) is 6.08 Å². The topological polar surface area (TPSA) is 49.3 Å². The summed E-state index contributed by atoms with van der Waals surface area (Å²) in [7, 11) is 0. The minimum Gasteiger partial charge on any atom is -0.388 e. The van der Waals surface area contributed by atoms with Crippen molar-refractivity contribution in [2.75, 3.05) is 18.1 Å². The zero-order valence-electron chi connectivity index (χ0n) is 11.8. The lowest BCUT2D eigenvalue weighted by atomic mass is 9.97. The van der Waals surface area contributed by atoms with Gasteiger partial charge in [-0.15, -0.1) is 0 Å². The maximum atomic E-state index is 11.8. The van der Waals surface area contributed by atoms with Crippen LogP contribution in [0.15, 0.2) is 30.3 Å². The van der Waals surface area contributed by atoms with Gasteiger partial charge in [0.05, 0.1) is 5.60 Å². The van der Waals surface area contributed by atoms with Crippen molar-refractivity contribution in [1.82, 2.24) is 5.32 Å². The van der Waals surface area contributed by atoms with Gasteiger partial charge < -0.3 is 10.4 Å². The van der Waals surface area contributed by atoms with E-state index in [0.29, 0.717) is 6.54 Å². The number of aliphatic hydroxyl groups is 1. The summed E-state index contributed by atoms with van der Waals surface area (Å²) in [6, 6.07) is 7.97. The van der Waals surface area contributed by atoms with Gasteiger partial charge in [-0.1, -0.05) is 29.8 Å². The normalized spacial score (nSPS) is 18.1. The van der Waals surface area contributed by atoms with Crippen LogP contribution in [-0.4, -0.2) is 34.7 Å². The number of carbonyl (C=O) groups is 1. The highest BCUT2D eigenvalue weighted by molar-refractivity contribution is 7.99. The summed E-state index contributed by atoms with van der Waals surface area (Å²) in [5.74, 6) is 1.77. The van der Waals surface area contributed by atoms with Crippen molar-refractivity contribution in [1.29, 1.82) is 0 Å². The zero-order chi connectivity index (χ0) is 14.4. The molecule has 0 unspecified atom stereocenters. The Morgan fingerprint density at radius 1 is 1.45 bits per heavy atom. The summed E-state index contributed by atoms with van der Waals surface area (Å²) < 4.78 is 0. The van der Waals surface area contributed by atoms with E-state index < -0.39 is 5.60 Å². The van der Waals surface area contributed by atoms with Gasteiger partial charge in [0.1, 0.15) is 0 Å². The maximum absolute atomic E-state index is 11.8. The second kappa shape index (κ2) is 6.95. The van der Waals surface area contributed by atoms with Gasteiger partial charge in [0, 0.05) is 12.6 Å². The first-order valence-electron chi connectivity index (χ1n) is 6.90. The Morgan fingerprint density at radius 2 is 2.20 bits per heavy atom. The molecule has 1 fully saturated rings. The summed E-state index contributed by atoms with van der Waals surface area (Å²) in [5, 5.41) is 13.1. The average molecular weight is 291 g/mol. The molecule has 0 aliphatic carbocycles. The number of hydrogen-bond donors (Lipinski definition) is 2. The molecule has 1 aliphatic rings. The molecule has 2 rings (SSSR count). The third-order valence-corrected chi connectivity index (χ3v) is 4.47. The Labute approximate surface area is 124 Å². The fourth-order valence-corrected chi connectivity index (χ4v) is 3.44. The molecule has 0 radical (unpaired) electrons. The molecule has 0 saturated carbocycles. The minimum absolute atomic E-state index is 0.154. The molecule has 1 heterocycles. The Bertz CT molecular complexity index is 493. The Balaban J connectivity index is 1.83. The van der Waals surface area contributed by atoms with Crippen LogP contribution in [0.1, 0.15) is 24.0 Å². The third-order valence-electron chi connectivity index (χ3n) is 3.48. The van der Waals surface area contributed by atoms with Gasteiger partial charge in [0.15, 0.2) is 0 Å². The minimum atomic E-state index is -0.724. The highest BCUT2D eigenvalue weighted by Gasteiger charge is 2.29. The smallest absolute Gasteiger partial charge is 0.244 e. The summed E-state index contributed by atoms with van der Waals surface area (Å²) in [6.07, 6.45) is 4.82. The molecule has 0 spiro atoms. The Morgan fingerprint density at radius 3 is 2.90 bits per heavy atom. The van der Waals surface area contributed by atoms with Gasteiger partial charge in [-0.25, -0.2) is 0 Å². The number of thioether (sulfide) groups is 1. The van der Waals surface area contributed by atoms with Crippen LogP contribution in [0.2, 0.25) is 0 Å². The molecule has 1 amide bonds. The predicted octanol–water partition coefficient (Wildman–Crippen LogP) is 2.38. The fraction of sp³-hybridized carbons (Fsp3) is 0.438. The van der Waals surface area contributed by atoms with Crippen LogP contribution >= 0.6 is 11.8 Å². The zero-order valence-corrected chi connectivity index (χ0v) is 12.6. The van der Waals surface area contributed by atoms with Crippen molar-refractivity contribution in [3.05, 3.63) is 41.5 Å². The summed E-state index contributed by atoms with van der Waals surface area (Å²) in [5.41, 5.74) is 1.45. The van der Waals surface area contributed by atoms with Crippen molar-refractivity contribution in [2.24, 2.45) is 0 Å². The maximum Gasteiger partial charge on any atom is 0.244 e. The number of aryl methyl sites for hydroxylation is 1. The van der Waals surface area contributed by atoms with Gasteiger partial charge in [-0.05, 0) is 42.9 Å². The van der Waals surface area contributed by atoms with Gasteiger partial charge >= 0.3 is 0 Å². The first-order valence-corrected chi connectivity index (χ1v) is 8.06. The first-order chi connectivity index (χ1) is 9.57. The standard InChI is InChI=1S/C16H21NO2S/c1-13-3-2-4-14(11-13)5-6-15(18)17-12-16(19)7-9-20-10-8-16/h2-6,11,19H,7-10,12H2,1H3,(H,17,18). The van der Waals surface area contributed by atoms with Crippen LogP contribution in [0.5, 0.6) is 0 Å². The van der Waals surface area contributed by atoms with E-state index in [4.69, 9.17) is 0 Å². The molecule has 3 nitrogen and oxygen atoms in total. The molecule has 1 aliphatic heterocycles. The summed E-state index contributed by atoms with van der Waals surface area (Å²) in [6.45, 7) is 2.36. The fourth-order valence-electron chi connectivity index (χ4n) is 2.18. The third kappa shape index (κ3) is 4.69. The highest BCUT2D eigenvalue weighted by atomic mass is 32.2. The molecule has 1 aromatic rings. The van der Waals surface area contributed by atoms with Gasteiger partial charge in [-0.3, -0.25) is 4.79 Å². The quantitative estimate of drug-likeness (QED) is 0.837. The van der Waals surface area contributed by atoms with E-state index in [0.717, 1.165) is 29.9 Å². The molecule has 1 saturated heterocycles. The summed E-state index contributed by atoms with van der Waals surface area (Å²) in [4.78, 5) is 11.8. The van der Waals surface area contributed by atoms with E-state index in [1.165, 1.54) is 11.6 Å². The monoisotopic (exact) mass is 291 g/mol. The number of carbonyl (C=O) groups excluding carboxylic acids is 1. The van der Waals surface area contributed by atoms with Crippen molar-refractivity contribution < 1.29 is 9.90 Å². The lowest BCUT2D eigenvalue weighted by molar-refractivity contribution is -0.117.